The zero-order chi connectivity index (χ0) is 17.0. The molecule has 23 heavy (non-hydrogen) atoms. The Labute approximate surface area is 136 Å². The van der Waals surface area contributed by atoms with Crippen LogP contribution in [0.4, 0.5) is 10.7 Å². The molecule has 1 amide bonds. The molecule has 1 aromatic rings. The van der Waals surface area contributed by atoms with E-state index in [9.17, 15) is 4.79 Å². The van der Waals surface area contributed by atoms with Gasteiger partial charge in [-0.15, -0.1) is 0 Å². The fraction of sp³-hybridized carbons (Fsp3) is 0.857. The number of anilines is 1. The molecule has 2 heterocycles. The summed E-state index contributed by atoms with van der Waals surface area (Å²) in [6, 6.07) is 0.0196. The van der Waals surface area contributed by atoms with Gasteiger partial charge in [-0.25, -0.2) is 9.48 Å². The van der Waals surface area contributed by atoms with Crippen molar-refractivity contribution in [2.45, 2.75) is 45.9 Å². The van der Waals surface area contributed by atoms with Crippen molar-refractivity contribution in [2.24, 2.45) is 0 Å². The second-order valence-electron chi connectivity index (χ2n) is 6.66. The van der Waals surface area contributed by atoms with Gasteiger partial charge < -0.3 is 19.3 Å². The summed E-state index contributed by atoms with van der Waals surface area (Å²) < 4.78 is 12.2. The number of tetrazole rings is 1. The van der Waals surface area contributed by atoms with Crippen LogP contribution < -0.4 is 4.90 Å². The molecule has 0 spiro atoms. The van der Waals surface area contributed by atoms with Crippen molar-refractivity contribution in [2.75, 3.05) is 38.3 Å². The molecule has 0 unspecified atom stereocenters. The largest absolute Gasteiger partial charge is 0.444 e. The first-order valence-corrected chi connectivity index (χ1v) is 7.81. The molecule has 0 aromatic carbocycles. The van der Waals surface area contributed by atoms with E-state index < -0.39 is 5.60 Å². The first-order chi connectivity index (χ1) is 10.8. The van der Waals surface area contributed by atoms with E-state index >= 15 is 0 Å². The van der Waals surface area contributed by atoms with Gasteiger partial charge in [-0.2, -0.15) is 0 Å². The maximum absolute atomic E-state index is 12.2. The molecule has 0 radical (unpaired) electrons. The van der Waals surface area contributed by atoms with E-state index in [4.69, 9.17) is 9.47 Å². The Morgan fingerprint density at radius 3 is 2.70 bits per heavy atom. The van der Waals surface area contributed by atoms with Crippen LogP contribution in [0.1, 0.15) is 27.7 Å². The van der Waals surface area contributed by atoms with Crippen molar-refractivity contribution in [1.82, 2.24) is 25.1 Å². The minimum Gasteiger partial charge on any atom is -0.444 e. The summed E-state index contributed by atoms with van der Waals surface area (Å²) in [7, 11) is 1.64. The Morgan fingerprint density at radius 2 is 2.09 bits per heavy atom. The Kier molecular flexibility index (Phi) is 5.40. The van der Waals surface area contributed by atoms with Gasteiger partial charge in [-0.1, -0.05) is 5.10 Å². The van der Waals surface area contributed by atoms with Crippen molar-refractivity contribution in [3.05, 3.63) is 0 Å². The molecule has 1 fully saturated rings. The van der Waals surface area contributed by atoms with E-state index in [0.717, 1.165) is 0 Å². The highest BCUT2D eigenvalue weighted by atomic mass is 16.6. The van der Waals surface area contributed by atoms with Crippen LogP contribution in [0.3, 0.4) is 0 Å². The van der Waals surface area contributed by atoms with E-state index in [1.807, 2.05) is 27.7 Å². The van der Waals surface area contributed by atoms with E-state index in [1.165, 1.54) is 0 Å². The predicted molar refractivity (Wildman–Crippen MR) is 84.3 cm³/mol. The zero-order valence-corrected chi connectivity index (χ0v) is 14.5. The number of piperazine rings is 1. The van der Waals surface area contributed by atoms with Gasteiger partial charge in [0, 0.05) is 32.8 Å². The Morgan fingerprint density at radius 1 is 1.35 bits per heavy atom. The lowest BCUT2D eigenvalue weighted by Crippen LogP contribution is -2.55. The number of nitrogens with zero attached hydrogens (tertiary/aromatic N) is 6. The van der Waals surface area contributed by atoms with E-state index in [0.29, 0.717) is 38.7 Å². The molecule has 0 saturated carbocycles. The van der Waals surface area contributed by atoms with Crippen LogP contribution in [0.15, 0.2) is 0 Å². The predicted octanol–water partition coefficient (Wildman–Crippen LogP) is 0.765. The molecular formula is C14H26N6O3. The van der Waals surface area contributed by atoms with Crippen molar-refractivity contribution < 1.29 is 14.3 Å². The lowest BCUT2D eigenvalue weighted by atomic mass is 10.2. The molecule has 2 rings (SSSR count). The summed E-state index contributed by atoms with van der Waals surface area (Å²) in [5, 5.41) is 11.8. The van der Waals surface area contributed by atoms with Crippen LogP contribution in [-0.2, 0) is 16.0 Å². The number of carbonyl (C=O) groups is 1. The number of carbonyl (C=O) groups excluding carboxylic acids is 1. The average molecular weight is 326 g/mol. The fourth-order valence-corrected chi connectivity index (χ4v) is 2.48. The normalized spacial score (nSPS) is 19.1. The highest BCUT2D eigenvalue weighted by molar-refractivity contribution is 5.69. The second-order valence-corrected chi connectivity index (χ2v) is 6.66. The molecule has 0 bridgehead atoms. The lowest BCUT2D eigenvalue weighted by Gasteiger charge is -2.40. The lowest BCUT2D eigenvalue weighted by molar-refractivity contribution is 0.0158. The van der Waals surface area contributed by atoms with Crippen molar-refractivity contribution in [1.29, 1.82) is 0 Å². The highest BCUT2D eigenvalue weighted by Crippen LogP contribution is 2.19. The number of hydrogen-bond acceptors (Lipinski definition) is 7. The molecule has 0 N–H and O–H groups in total. The molecule has 1 atom stereocenters. The van der Waals surface area contributed by atoms with Gasteiger partial charge in [-0.3, -0.25) is 0 Å². The van der Waals surface area contributed by atoms with Crippen LogP contribution in [0.5, 0.6) is 0 Å². The standard InChI is InChI=1S/C14H26N6O3/c1-11-10-18(12-15-16-17-20(12)8-9-22-5)6-7-19(11)13(21)23-14(2,3)4/h11H,6-10H2,1-5H3/t11-/m1/s1. The minimum atomic E-state index is -0.488. The van der Waals surface area contributed by atoms with Crippen LogP contribution in [0.25, 0.3) is 0 Å². The van der Waals surface area contributed by atoms with Crippen molar-refractivity contribution >= 4 is 12.0 Å². The minimum absolute atomic E-state index is 0.0196. The van der Waals surface area contributed by atoms with Gasteiger partial charge in [-0.05, 0) is 38.1 Å². The number of rotatable bonds is 4. The third-order valence-electron chi connectivity index (χ3n) is 3.56. The number of ether oxygens (including phenoxy) is 2. The molecule has 0 aliphatic carbocycles. The second kappa shape index (κ2) is 7.12. The van der Waals surface area contributed by atoms with E-state index in [-0.39, 0.29) is 12.1 Å². The third-order valence-corrected chi connectivity index (χ3v) is 3.56. The van der Waals surface area contributed by atoms with Crippen LogP contribution in [-0.4, -0.2) is 76.2 Å². The van der Waals surface area contributed by atoms with E-state index in [1.54, 1.807) is 16.7 Å². The van der Waals surface area contributed by atoms with Gasteiger partial charge >= 0.3 is 6.09 Å². The highest BCUT2D eigenvalue weighted by Gasteiger charge is 2.32. The first-order valence-electron chi connectivity index (χ1n) is 7.81. The molecule has 1 aliphatic rings. The van der Waals surface area contributed by atoms with Gasteiger partial charge in [0.05, 0.1) is 13.2 Å². The molecular weight excluding hydrogens is 300 g/mol. The average Bonchev–Trinajstić information content (AvgIpc) is 2.91. The van der Waals surface area contributed by atoms with Gasteiger partial charge in [0.2, 0.25) is 5.95 Å². The van der Waals surface area contributed by atoms with Crippen molar-refractivity contribution in [3.8, 4) is 0 Å². The van der Waals surface area contributed by atoms with Crippen LogP contribution in [0, 0.1) is 0 Å². The van der Waals surface area contributed by atoms with Gasteiger partial charge in [0.25, 0.3) is 0 Å². The molecule has 1 saturated heterocycles. The smallest absolute Gasteiger partial charge is 0.410 e. The summed E-state index contributed by atoms with van der Waals surface area (Å²) in [4.78, 5) is 16.1. The zero-order valence-electron chi connectivity index (χ0n) is 14.5. The van der Waals surface area contributed by atoms with Crippen LogP contribution in [0.2, 0.25) is 0 Å². The molecule has 9 nitrogen and oxygen atoms in total. The fourth-order valence-electron chi connectivity index (χ4n) is 2.48. The third kappa shape index (κ3) is 4.54. The SMILES string of the molecule is COCCn1nnnc1N1CCN(C(=O)OC(C)(C)C)[C@H](C)C1. The summed E-state index contributed by atoms with van der Waals surface area (Å²) in [6.45, 7) is 10.7. The van der Waals surface area contributed by atoms with Crippen LogP contribution >= 0.6 is 0 Å². The maximum Gasteiger partial charge on any atom is 0.410 e. The van der Waals surface area contributed by atoms with Gasteiger partial charge in [0.1, 0.15) is 5.60 Å². The number of hydrogen-bond donors (Lipinski definition) is 0. The summed E-state index contributed by atoms with van der Waals surface area (Å²) >= 11 is 0. The summed E-state index contributed by atoms with van der Waals surface area (Å²) in [5.41, 5.74) is -0.488. The van der Waals surface area contributed by atoms with E-state index in [2.05, 4.69) is 20.4 Å². The number of amides is 1. The molecule has 1 aromatic heterocycles. The number of methoxy groups -OCH3 is 1. The first kappa shape index (κ1) is 17.5. The molecule has 9 heteroatoms. The Hall–Kier alpha value is -1.90. The summed E-state index contributed by atoms with van der Waals surface area (Å²) in [5.74, 6) is 0.706. The Balaban J connectivity index is 1.98. The van der Waals surface area contributed by atoms with Gasteiger partial charge in [0.15, 0.2) is 0 Å². The monoisotopic (exact) mass is 326 g/mol. The topological polar surface area (TPSA) is 85.6 Å². The molecule has 130 valence electrons. The quantitative estimate of drug-likeness (QED) is 0.807. The Bertz CT molecular complexity index is 527. The maximum atomic E-state index is 12.2. The summed E-state index contributed by atoms with van der Waals surface area (Å²) in [6.07, 6.45) is -0.274. The number of aromatic nitrogens is 4. The van der Waals surface area contributed by atoms with Crippen molar-refractivity contribution in [3.63, 3.8) is 0 Å². The molecule has 1 aliphatic heterocycles.